The van der Waals surface area contributed by atoms with Gasteiger partial charge in [-0.1, -0.05) is 26.8 Å². The molecule has 0 aromatic heterocycles. The molecule has 0 spiro atoms. The van der Waals surface area contributed by atoms with Gasteiger partial charge in [0.2, 0.25) is 0 Å². The molecule has 3 rings (SSSR count). The van der Waals surface area contributed by atoms with Gasteiger partial charge in [-0.25, -0.2) is 4.79 Å². The van der Waals surface area contributed by atoms with Gasteiger partial charge in [0.1, 0.15) is 11.7 Å². The van der Waals surface area contributed by atoms with Gasteiger partial charge in [0.15, 0.2) is 17.5 Å². The van der Waals surface area contributed by atoms with Crippen molar-refractivity contribution in [3.63, 3.8) is 0 Å². The second-order valence-corrected chi connectivity index (χ2v) is 13.5. The van der Waals surface area contributed by atoms with Crippen LogP contribution in [0.5, 0.6) is 0 Å². The summed E-state index contributed by atoms with van der Waals surface area (Å²) in [6.45, 7) is 18.2. The van der Waals surface area contributed by atoms with Crippen LogP contribution in [-0.4, -0.2) is 87.8 Å². The first-order valence-electron chi connectivity index (χ1n) is 13.3. The number of ether oxygens (including phenoxy) is 3. The summed E-state index contributed by atoms with van der Waals surface area (Å²) in [5.41, 5.74) is -7.82. The topological polar surface area (TPSA) is 175 Å². The van der Waals surface area contributed by atoms with Crippen LogP contribution >= 0.6 is 12.4 Å². The lowest BCUT2D eigenvalue weighted by atomic mass is 9.39. The smallest absolute Gasteiger partial charge is 0.407 e. The summed E-state index contributed by atoms with van der Waals surface area (Å²) in [4.78, 5) is 39.6. The van der Waals surface area contributed by atoms with Gasteiger partial charge in [-0.05, 0) is 52.9 Å². The lowest BCUT2D eigenvalue weighted by Gasteiger charge is -2.71. The molecule has 2 saturated carbocycles. The predicted molar refractivity (Wildman–Crippen MR) is 151 cm³/mol. The van der Waals surface area contributed by atoms with E-state index < -0.39 is 69.7 Å². The van der Waals surface area contributed by atoms with Crippen molar-refractivity contribution in [1.29, 1.82) is 0 Å². The first-order chi connectivity index (χ1) is 17.2. The van der Waals surface area contributed by atoms with E-state index in [0.717, 1.165) is 0 Å². The van der Waals surface area contributed by atoms with Crippen molar-refractivity contribution in [2.45, 2.75) is 115 Å². The molecular formula is C28H49ClN2O9. The largest absolute Gasteiger partial charge is 0.461 e. The van der Waals surface area contributed by atoms with Crippen LogP contribution in [0.2, 0.25) is 0 Å². The summed E-state index contributed by atoms with van der Waals surface area (Å²) in [6.07, 6.45) is -2.36. The number of carbonyl (C=O) groups is 3. The molecule has 0 aromatic carbocycles. The number of Topliss-reactive ketones (excluding diaryl/α,β-unsaturated/α-hetero) is 1. The van der Waals surface area contributed by atoms with Gasteiger partial charge in [0.25, 0.3) is 0 Å². The van der Waals surface area contributed by atoms with Crippen molar-refractivity contribution in [2.75, 3.05) is 13.6 Å². The van der Waals surface area contributed by atoms with Crippen LogP contribution in [0.25, 0.3) is 0 Å². The number of ketones is 1. The molecule has 3 aliphatic rings. The van der Waals surface area contributed by atoms with E-state index in [4.69, 9.17) is 14.2 Å². The predicted octanol–water partition coefficient (Wildman–Crippen LogP) is 1.85. The number of halogens is 1. The Hall–Kier alpha value is -1.76. The zero-order valence-electron chi connectivity index (χ0n) is 25.2. The van der Waals surface area contributed by atoms with Crippen LogP contribution in [0.3, 0.4) is 0 Å². The van der Waals surface area contributed by atoms with Gasteiger partial charge < -0.3 is 40.5 Å². The minimum Gasteiger partial charge on any atom is -0.461 e. The number of carbonyl (C=O) groups excluding carboxylic acids is 3. The molecule has 0 unspecified atom stereocenters. The van der Waals surface area contributed by atoms with Gasteiger partial charge in [0, 0.05) is 30.3 Å². The number of aliphatic hydroxyl groups excluding tert-OH is 1. The molecule has 0 bridgehead atoms. The number of nitrogens with one attached hydrogen (secondary N) is 2. The minimum absolute atomic E-state index is 0. The van der Waals surface area contributed by atoms with E-state index in [1.807, 2.05) is 34.6 Å². The van der Waals surface area contributed by atoms with Gasteiger partial charge in [-0.15, -0.1) is 19.0 Å². The Balaban J connectivity index is 0.00000400. The van der Waals surface area contributed by atoms with Crippen molar-refractivity contribution >= 4 is 30.3 Å². The van der Waals surface area contributed by atoms with Crippen molar-refractivity contribution in [1.82, 2.24) is 10.6 Å². The molecule has 12 heteroatoms. The fourth-order valence-corrected chi connectivity index (χ4v) is 7.35. The Kier molecular flexibility index (Phi) is 10.4. The normalized spacial score (nSPS) is 40.2. The van der Waals surface area contributed by atoms with Crippen LogP contribution in [0.4, 0.5) is 4.79 Å². The number of rotatable bonds is 5. The summed E-state index contributed by atoms with van der Waals surface area (Å²) in [6, 6.07) is 0. The molecule has 1 aliphatic heterocycles. The first-order valence-corrected chi connectivity index (χ1v) is 13.3. The van der Waals surface area contributed by atoms with Crippen LogP contribution in [0.1, 0.15) is 74.7 Å². The Morgan fingerprint density at radius 1 is 1.18 bits per heavy atom. The maximum absolute atomic E-state index is 14.1. The van der Waals surface area contributed by atoms with E-state index in [-0.39, 0.29) is 36.4 Å². The van der Waals surface area contributed by atoms with Crippen molar-refractivity contribution in [2.24, 2.45) is 16.7 Å². The second-order valence-electron chi connectivity index (χ2n) is 13.5. The van der Waals surface area contributed by atoms with Crippen molar-refractivity contribution in [3.05, 3.63) is 12.7 Å². The SMILES string of the molecule is C=C[C@@]1(C)CC(=O)[C@]2(O)[C@@]3(C)[C@@H](OC(=O)CNC(C)(C)C)CCC(C)(C)[C@@H]3[C@H](O)[C@H](OC(=O)NC)[C@@]2(C)O1.Cl.O. The third-order valence-corrected chi connectivity index (χ3v) is 9.17. The molecule has 11 nitrogen and oxygen atoms in total. The lowest BCUT2D eigenvalue weighted by Crippen LogP contribution is -2.87. The average molecular weight is 593 g/mol. The van der Waals surface area contributed by atoms with E-state index >= 15 is 0 Å². The zero-order valence-corrected chi connectivity index (χ0v) is 26.0. The molecule has 2 aliphatic carbocycles. The third kappa shape index (κ3) is 5.53. The number of alkyl carbamates (subject to hydrolysis) is 1. The summed E-state index contributed by atoms with van der Waals surface area (Å²) in [5.74, 6) is -1.89. The Morgan fingerprint density at radius 2 is 1.75 bits per heavy atom. The van der Waals surface area contributed by atoms with Crippen LogP contribution in [-0.2, 0) is 23.8 Å². The average Bonchev–Trinajstić information content (AvgIpc) is 2.79. The third-order valence-electron chi connectivity index (χ3n) is 9.17. The summed E-state index contributed by atoms with van der Waals surface area (Å²) in [5, 5.41) is 30.1. The maximum atomic E-state index is 14.1. The molecule has 0 aromatic rings. The standard InChI is InChI=1S/C28H46N2O8.ClH.H2O/c1-11-25(7)14-16(31)28(35)26(8)17(36-18(32)15-30-23(2,3)4)12-13-24(5,6)20(26)19(33)21(27(28,9)38-25)37-22(34)29-10;;/h11,17,19-21,30,33,35H,1,12-15H2,2-10H3,(H,29,34);1H;1H2/t17-,19-,20-,21-,25-,26-,27+,28-;;/m0../s1. The van der Waals surface area contributed by atoms with E-state index in [0.29, 0.717) is 12.8 Å². The number of fused-ring (bicyclic) bond motifs is 3. The Labute approximate surface area is 243 Å². The Bertz CT molecular complexity index is 1000. The maximum Gasteiger partial charge on any atom is 0.407 e. The Morgan fingerprint density at radius 3 is 2.25 bits per heavy atom. The highest BCUT2D eigenvalue weighted by atomic mass is 35.5. The van der Waals surface area contributed by atoms with Crippen molar-refractivity contribution in [3.8, 4) is 0 Å². The van der Waals surface area contributed by atoms with E-state index in [9.17, 15) is 24.6 Å². The molecule has 0 radical (unpaired) electrons. The summed E-state index contributed by atoms with van der Waals surface area (Å²) < 4.78 is 18.1. The van der Waals surface area contributed by atoms with Gasteiger partial charge in [0.05, 0.1) is 18.2 Å². The van der Waals surface area contributed by atoms with Crippen LogP contribution in [0.15, 0.2) is 12.7 Å². The first kappa shape index (κ1) is 36.3. The minimum atomic E-state index is -2.29. The molecule has 3 fully saturated rings. The number of esters is 1. The lowest BCUT2D eigenvalue weighted by molar-refractivity contribution is -0.369. The summed E-state index contributed by atoms with van der Waals surface area (Å²) >= 11 is 0. The molecule has 232 valence electrons. The number of aliphatic hydroxyl groups is 2. The molecule has 8 atom stereocenters. The highest BCUT2D eigenvalue weighted by molar-refractivity contribution is 5.92. The van der Waals surface area contributed by atoms with Crippen LogP contribution < -0.4 is 10.6 Å². The molecule has 1 amide bonds. The summed E-state index contributed by atoms with van der Waals surface area (Å²) in [7, 11) is 1.38. The zero-order chi connectivity index (χ0) is 29.1. The number of amides is 1. The number of hydrogen-bond donors (Lipinski definition) is 4. The van der Waals surface area contributed by atoms with Gasteiger partial charge in [-0.3, -0.25) is 9.59 Å². The van der Waals surface area contributed by atoms with Gasteiger partial charge >= 0.3 is 12.1 Å². The highest BCUT2D eigenvalue weighted by Crippen LogP contribution is 2.67. The second kappa shape index (κ2) is 11.5. The molecule has 1 saturated heterocycles. The quantitative estimate of drug-likeness (QED) is 0.274. The van der Waals surface area contributed by atoms with Crippen molar-refractivity contribution < 1.29 is 44.3 Å². The highest BCUT2D eigenvalue weighted by Gasteiger charge is 2.82. The molecule has 1 heterocycles. The van der Waals surface area contributed by atoms with E-state index in [2.05, 4.69) is 17.2 Å². The fourth-order valence-electron chi connectivity index (χ4n) is 7.35. The molecular weight excluding hydrogens is 544 g/mol. The molecule has 40 heavy (non-hydrogen) atoms. The molecule has 6 N–H and O–H groups in total. The van der Waals surface area contributed by atoms with E-state index in [1.165, 1.54) is 20.0 Å². The fraction of sp³-hybridized carbons (Fsp3) is 0.821. The number of hydrogen-bond acceptors (Lipinski definition) is 9. The van der Waals surface area contributed by atoms with Gasteiger partial charge in [-0.2, -0.15) is 0 Å². The van der Waals surface area contributed by atoms with E-state index in [1.54, 1.807) is 13.8 Å². The monoisotopic (exact) mass is 592 g/mol. The van der Waals surface area contributed by atoms with Crippen LogP contribution in [0, 0.1) is 16.7 Å².